The predicted molar refractivity (Wildman–Crippen MR) is 90.7 cm³/mol. The van der Waals surface area contributed by atoms with E-state index in [9.17, 15) is 4.79 Å². The summed E-state index contributed by atoms with van der Waals surface area (Å²) in [6.07, 6.45) is 14.1. The summed E-state index contributed by atoms with van der Waals surface area (Å²) < 4.78 is 0.769. The van der Waals surface area contributed by atoms with E-state index in [0.717, 1.165) is 23.2 Å². The molecule has 1 atom stereocenters. The highest BCUT2D eigenvalue weighted by molar-refractivity contribution is 6.35. The number of halogens is 2. The maximum atomic E-state index is 11.2. The molecule has 1 N–H and O–H groups in total. The Labute approximate surface area is 140 Å². The van der Waals surface area contributed by atoms with Crippen molar-refractivity contribution in [2.75, 3.05) is 0 Å². The molecular weight excluding hydrogens is 309 g/mol. The first-order valence-electron chi connectivity index (χ1n) is 8.30. The SMILES string of the molecule is CCCCCCCCCCCCCC(C)(C(=O)O)N(Cl)Cl. The normalized spacial score (nSPS) is 14.3. The second-order valence-electron chi connectivity index (χ2n) is 6.10. The number of unbranched alkanes of at least 4 members (excludes halogenated alkanes) is 10. The van der Waals surface area contributed by atoms with Crippen molar-refractivity contribution in [3.8, 4) is 0 Å². The van der Waals surface area contributed by atoms with Crippen LogP contribution in [0.15, 0.2) is 0 Å². The second kappa shape index (κ2) is 12.5. The van der Waals surface area contributed by atoms with Crippen molar-refractivity contribution in [1.82, 2.24) is 3.94 Å². The molecule has 0 aromatic heterocycles. The minimum atomic E-state index is -1.18. The van der Waals surface area contributed by atoms with Crippen LogP contribution in [0.3, 0.4) is 0 Å². The number of carbonyl (C=O) groups is 1. The van der Waals surface area contributed by atoms with E-state index in [-0.39, 0.29) is 0 Å². The molecule has 0 aliphatic heterocycles. The van der Waals surface area contributed by atoms with E-state index in [1.165, 1.54) is 51.4 Å². The zero-order valence-corrected chi connectivity index (χ0v) is 15.1. The van der Waals surface area contributed by atoms with Gasteiger partial charge in [0.2, 0.25) is 0 Å². The van der Waals surface area contributed by atoms with Gasteiger partial charge in [-0.05, 0) is 36.9 Å². The third kappa shape index (κ3) is 9.59. The molecule has 0 spiro atoms. The molecular formula is C16H31Cl2NO2. The Kier molecular flexibility index (Phi) is 12.5. The summed E-state index contributed by atoms with van der Waals surface area (Å²) in [6, 6.07) is 0. The Morgan fingerprint density at radius 2 is 1.29 bits per heavy atom. The van der Waals surface area contributed by atoms with Crippen molar-refractivity contribution in [2.45, 2.75) is 96.4 Å². The molecule has 0 rings (SSSR count). The van der Waals surface area contributed by atoms with Gasteiger partial charge in [0.1, 0.15) is 5.54 Å². The monoisotopic (exact) mass is 339 g/mol. The molecule has 0 aromatic rings. The quantitative estimate of drug-likeness (QED) is 0.305. The molecule has 0 amide bonds. The van der Waals surface area contributed by atoms with Crippen LogP contribution in [-0.4, -0.2) is 20.6 Å². The van der Waals surface area contributed by atoms with Gasteiger partial charge in [0.05, 0.1) is 0 Å². The highest BCUT2D eigenvalue weighted by Crippen LogP contribution is 2.27. The number of rotatable bonds is 14. The van der Waals surface area contributed by atoms with E-state index in [0.29, 0.717) is 6.42 Å². The average molecular weight is 340 g/mol. The number of aliphatic carboxylic acids is 1. The van der Waals surface area contributed by atoms with Crippen molar-refractivity contribution >= 4 is 29.5 Å². The Bertz CT molecular complexity index is 275. The van der Waals surface area contributed by atoms with Crippen LogP contribution < -0.4 is 0 Å². The molecule has 0 saturated heterocycles. The molecule has 0 saturated carbocycles. The van der Waals surface area contributed by atoms with Gasteiger partial charge in [-0.3, -0.25) is 4.79 Å². The molecule has 3 nitrogen and oxygen atoms in total. The summed E-state index contributed by atoms with van der Waals surface area (Å²) in [4.78, 5) is 11.2. The lowest BCUT2D eigenvalue weighted by Gasteiger charge is -2.27. The first-order valence-corrected chi connectivity index (χ1v) is 8.98. The lowest BCUT2D eigenvalue weighted by Crippen LogP contribution is -2.43. The van der Waals surface area contributed by atoms with Gasteiger partial charge < -0.3 is 5.11 Å². The van der Waals surface area contributed by atoms with E-state index in [4.69, 9.17) is 28.7 Å². The number of hydrogen-bond donors (Lipinski definition) is 1. The van der Waals surface area contributed by atoms with E-state index in [1.807, 2.05) is 0 Å². The summed E-state index contributed by atoms with van der Waals surface area (Å²) in [7, 11) is 0. The minimum absolute atomic E-state index is 0.479. The molecule has 1 unspecified atom stereocenters. The fraction of sp³-hybridized carbons (Fsp3) is 0.938. The fourth-order valence-corrected chi connectivity index (χ4v) is 2.71. The van der Waals surface area contributed by atoms with Crippen LogP contribution in [-0.2, 0) is 4.79 Å². The first-order chi connectivity index (χ1) is 9.95. The number of carboxylic acids is 1. The largest absolute Gasteiger partial charge is 0.480 e. The average Bonchev–Trinajstić information content (AvgIpc) is 2.44. The zero-order chi connectivity index (χ0) is 16.1. The lowest BCUT2D eigenvalue weighted by atomic mass is 9.95. The molecule has 0 aliphatic rings. The Morgan fingerprint density at radius 1 is 0.905 bits per heavy atom. The molecule has 0 fully saturated rings. The van der Waals surface area contributed by atoms with Crippen LogP contribution in [0.4, 0.5) is 0 Å². The van der Waals surface area contributed by atoms with Gasteiger partial charge in [-0.1, -0.05) is 77.6 Å². The third-order valence-electron chi connectivity index (χ3n) is 4.10. The summed E-state index contributed by atoms with van der Waals surface area (Å²) in [5.74, 6) is -0.973. The van der Waals surface area contributed by atoms with Gasteiger partial charge in [0.15, 0.2) is 0 Å². The van der Waals surface area contributed by atoms with Crippen molar-refractivity contribution < 1.29 is 9.90 Å². The van der Waals surface area contributed by atoms with Gasteiger partial charge in [-0.25, -0.2) is 0 Å². The van der Waals surface area contributed by atoms with Gasteiger partial charge in [0.25, 0.3) is 0 Å². The van der Waals surface area contributed by atoms with Crippen LogP contribution in [0, 0.1) is 0 Å². The molecule has 21 heavy (non-hydrogen) atoms. The van der Waals surface area contributed by atoms with Crippen LogP contribution in [0.5, 0.6) is 0 Å². The molecule has 126 valence electrons. The highest BCUT2D eigenvalue weighted by atomic mass is 35.5. The third-order valence-corrected chi connectivity index (χ3v) is 4.85. The van der Waals surface area contributed by atoms with E-state index < -0.39 is 11.5 Å². The second-order valence-corrected chi connectivity index (χ2v) is 6.95. The highest BCUT2D eigenvalue weighted by Gasteiger charge is 2.38. The van der Waals surface area contributed by atoms with Gasteiger partial charge in [0, 0.05) is 0 Å². The summed E-state index contributed by atoms with van der Waals surface area (Å²) in [6.45, 7) is 3.80. The Balaban J connectivity index is 3.49. The van der Waals surface area contributed by atoms with Gasteiger partial charge >= 0.3 is 5.97 Å². The molecule has 5 heteroatoms. The summed E-state index contributed by atoms with van der Waals surface area (Å²) in [5, 5.41) is 9.15. The Morgan fingerprint density at radius 3 is 1.62 bits per heavy atom. The number of carboxylic acid groups (broad SMARTS) is 1. The van der Waals surface area contributed by atoms with Crippen LogP contribution in [0.2, 0.25) is 0 Å². The number of nitrogens with zero attached hydrogens (tertiary/aromatic N) is 1. The van der Waals surface area contributed by atoms with E-state index in [1.54, 1.807) is 6.92 Å². The zero-order valence-electron chi connectivity index (χ0n) is 13.5. The van der Waals surface area contributed by atoms with E-state index in [2.05, 4.69) is 6.92 Å². The maximum absolute atomic E-state index is 11.2. The minimum Gasteiger partial charge on any atom is -0.480 e. The molecule has 0 radical (unpaired) electrons. The van der Waals surface area contributed by atoms with Crippen LogP contribution in [0.1, 0.15) is 90.9 Å². The fourth-order valence-electron chi connectivity index (χ4n) is 2.40. The van der Waals surface area contributed by atoms with Crippen LogP contribution >= 0.6 is 23.6 Å². The Hall–Kier alpha value is 0.01000. The lowest BCUT2D eigenvalue weighted by molar-refractivity contribution is -0.146. The van der Waals surface area contributed by atoms with E-state index >= 15 is 0 Å². The predicted octanol–water partition coefficient (Wildman–Crippen LogP) is 6.14. The van der Waals surface area contributed by atoms with Crippen LogP contribution in [0.25, 0.3) is 0 Å². The van der Waals surface area contributed by atoms with Crippen molar-refractivity contribution in [3.05, 3.63) is 0 Å². The first kappa shape index (κ1) is 21.0. The maximum Gasteiger partial charge on any atom is 0.326 e. The van der Waals surface area contributed by atoms with Gasteiger partial charge in [-0.2, -0.15) is 0 Å². The van der Waals surface area contributed by atoms with Crippen molar-refractivity contribution in [2.24, 2.45) is 0 Å². The topological polar surface area (TPSA) is 40.5 Å². The smallest absolute Gasteiger partial charge is 0.326 e. The standard InChI is InChI=1S/C16H31Cl2NO2/c1-3-4-5-6-7-8-9-10-11-12-13-14-16(2,15(20)21)19(17)18/h3-14H2,1-2H3,(H,20,21). The molecule has 0 bridgehead atoms. The molecule has 0 aromatic carbocycles. The molecule has 0 heterocycles. The summed E-state index contributed by atoms with van der Waals surface area (Å²) in [5.41, 5.74) is -1.18. The van der Waals surface area contributed by atoms with Crippen molar-refractivity contribution in [1.29, 1.82) is 0 Å². The summed E-state index contributed by atoms with van der Waals surface area (Å²) >= 11 is 11.3. The molecule has 0 aliphatic carbocycles. The van der Waals surface area contributed by atoms with Gasteiger partial charge in [-0.15, -0.1) is 3.94 Å². The number of hydrogen-bond acceptors (Lipinski definition) is 2. The van der Waals surface area contributed by atoms with Crippen molar-refractivity contribution in [3.63, 3.8) is 0 Å².